The van der Waals surface area contributed by atoms with Crippen molar-refractivity contribution in [1.82, 2.24) is 10.2 Å². The molecule has 2 aromatic carbocycles. The highest BCUT2D eigenvalue weighted by Crippen LogP contribution is 2.33. The van der Waals surface area contributed by atoms with Gasteiger partial charge in [0.1, 0.15) is 0 Å². The summed E-state index contributed by atoms with van der Waals surface area (Å²) in [6.07, 6.45) is 0. The predicted octanol–water partition coefficient (Wildman–Crippen LogP) is 5.06. The Hall–Kier alpha value is -2.93. The van der Waals surface area contributed by atoms with Crippen LogP contribution in [0, 0.1) is 0 Å². The fourth-order valence-electron chi connectivity index (χ4n) is 3.30. The van der Waals surface area contributed by atoms with Gasteiger partial charge in [-0.15, -0.1) is 10.2 Å². The second-order valence-electron chi connectivity index (χ2n) is 8.43. The molecule has 30 heavy (non-hydrogen) atoms. The predicted molar refractivity (Wildman–Crippen MR) is 117 cm³/mol. The van der Waals surface area contributed by atoms with E-state index in [4.69, 9.17) is 4.42 Å². The Balaban J connectivity index is 1.41. The van der Waals surface area contributed by atoms with Gasteiger partial charge in [-0.25, -0.2) is 0 Å². The normalized spacial score (nSPS) is 15.7. The summed E-state index contributed by atoms with van der Waals surface area (Å²) in [7, 11) is 0. The Morgan fingerprint density at radius 1 is 1.13 bits per heavy atom. The van der Waals surface area contributed by atoms with E-state index in [0.717, 1.165) is 16.8 Å². The summed E-state index contributed by atoms with van der Waals surface area (Å²) in [4.78, 5) is 24.4. The van der Waals surface area contributed by atoms with Crippen molar-refractivity contribution in [3.8, 4) is 11.5 Å². The van der Waals surface area contributed by atoms with Gasteiger partial charge < -0.3 is 9.73 Å². The Labute approximate surface area is 179 Å². The molecule has 0 saturated heterocycles. The number of nitrogens with zero attached hydrogens (tertiary/aromatic N) is 2. The molecule has 1 aromatic heterocycles. The maximum absolute atomic E-state index is 12.6. The lowest BCUT2D eigenvalue weighted by atomic mass is 9.87. The smallest absolute Gasteiger partial charge is 0.277 e. The molecule has 1 aliphatic rings. The third-order valence-corrected chi connectivity index (χ3v) is 6.04. The molecule has 4 rings (SSSR count). The number of thioether (sulfide) groups is 1. The zero-order chi connectivity index (χ0) is 21.5. The zero-order valence-electron chi connectivity index (χ0n) is 17.4. The molecule has 2 heterocycles. The Morgan fingerprint density at radius 3 is 2.57 bits per heavy atom. The second kappa shape index (κ2) is 7.72. The lowest BCUT2D eigenvalue weighted by molar-refractivity contribution is -0.116. The zero-order valence-corrected chi connectivity index (χ0v) is 18.2. The topological polar surface area (TPSA) is 85.1 Å². The van der Waals surface area contributed by atoms with Crippen molar-refractivity contribution in [3.63, 3.8) is 0 Å². The fraction of sp³-hybridized carbons (Fsp3) is 0.304. The van der Waals surface area contributed by atoms with Crippen molar-refractivity contribution >= 4 is 29.1 Å². The molecule has 0 saturated carbocycles. The molecular weight excluding hydrogens is 398 g/mol. The lowest BCUT2D eigenvalue weighted by Gasteiger charge is -2.18. The van der Waals surface area contributed by atoms with Crippen LogP contribution in [0.1, 0.15) is 55.1 Å². The highest BCUT2D eigenvalue weighted by Gasteiger charge is 2.27. The van der Waals surface area contributed by atoms with Crippen molar-refractivity contribution in [2.45, 2.75) is 44.3 Å². The number of amides is 1. The number of aromatic nitrogens is 2. The monoisotopic (exact) mass is 421 g/mol. The van der Waals surface area contributed by atoms with Crippen molar-refractivity contribution in [2.24, 2.45) is 0 Å². The summed E-state index contributed by atoms with van der Waals surface area (Å²) in [5.41, 5.74) is 4.35. The molecule has 0 aliphatic carbocycles. The quantitative estimate of drug-likeness (QED) is 0.458. The molecule has 0 radical (unpaired) electrons. The van der Waals surface area contributed by atoms with Gasteiger partial charge in [-0.1, -0.05) is 44.7 Å². The minimum Gasteiger partial charge on any atom is -0.411 e. The molecule has 1 atom stereocenters. The average molecular weight is 422 g/mol. The molecule has 1 amide bonds. The summed E-state index contributed by atoms with van der Waals surface area (Å²) in [6, 6.07) is 13.4. The highest BCUT2D eigenvalue weighted by atomic mass is 32.2. The number of rotatable bonds is 5. The van der Waals surface area contributed by atoms with E-state index in [1.807, 2.05) is 19.1 Å². The number of hydrogen-bond donors (Lipinski definition) is 1. The summed E-state index contributed by atoms with van der Waals surface area (Å²) in [5, 5.41) is 11.3. The molecule has 1 aliphatic heterocycles. The van der Waals surface area contributed by atoms with E-state index in [2.05, 4.69) is 48.4 Å². The minimum atomic E-state index is -0.247. The van der Waals surface area contributed by atoms with Crippen LogP contribution in [0.3, 0.4) is 0 Å². The first kappa shape index (κ1) is 20.3. The first-order chi connectivity index (χ1) is 14.2. The summed E-state index contributed by atoms with van der Waals surface area (Å²) in [5.74, 6) is 0.269. The van der Waals surface area contributed by atoms with Crippen LogP contribution < -0.4 is 5.32 Å². The van der Waals surface area contributed by atoms with Crippen LogP contribution in [0.5, 0.6) is 0 Å². The van der Waals surface area contributed by atoms with E-state index in [9.17, 15) is 9.59 Å². The van der Waals surface area contributed by atoms with Gasteiger partial charge in [0.05, 0.1) is 11.7 Å². The Bertz CT molecular complexity index is 1110. The Morgan fingerprint density at radius 2 is 1.87 bits per heavy atom. The van der Waals surface area contributed by atoms with Crippen LogP contribution in [-0.2, 0) is 10.2 Å². The third-order valence-electron chi connectivity index (χ3n) is 5.22. The van der Waals surface area contributed by atoms with E-state index in [-0.39, 0.29) is 28.8 Å². The standard InChI is InChI=1S/C23H23N3O3S/c1-13-17-11-15(7-10-18(17)24-20(13)28)19(27)12-30-22-26-25-21(29-22)14-5-8-16(9-6-14)23(2,3)4/h5-11,13H,12H2,1-4H3,(H,24,28)/t13-/m0/s1. The van der Waals surface area contributed by atoms with Gasteiger partial charge in [0, 0.05) is 16.8 Å². The number of fused-ring (bicyclic) bond motifs is 1. The van der Waals surface area contributed by atoms with Gasteiger partial charge in [-0.3, -0.25) is 9.59 Å². The van der Waals surface area contributed by atoms with Crippen LogP contribution in [-0.4, -0.2) is 27.6 Å². The number of carbonyl (C=O) groups excluding carboxylic acids is 2. The molecule has 6 nitrogen and oxygen atoms in total. The van der Waals surface area contributed by atoms with E-state index in [1.165, 1.54) is 17.3 Å². The molecular formula is C23H23N3O3S. The molecule has 154 valence electrons. The van der Waals surface area contributed by atoms with Gasteiger partial charge in [-0.05, 0) is 53.8 Å². The van der Waals surface area contributed by atoms with Crippen LogP contribution >= 0.6 is 11.8 Å². The van der Waals surface area contributed by atoms with Crippen LogP contribution in [0.25, 0.3) is 11.5 Å². The van der Waals surface area contributed by atoms with Crippen molar-refractivity contribution in [3.05, 3.63) is 59.2 Å². The largest absolute Gasteiger partial charge is 0.411 e. The first-order valence-corrected chi connectivity index (χ1v) is 10.8. The summed E-state index contributed by atoms with van der Waals surface area (Å²) >= 11 is 1.21. The van der Waals surface area contributed by atoms with Gasteiger partial charge >= 0.3 is 0 Å². The summed E-state index contributed by atoms with van der Waals surface area (Å²) < 4.78 is 5.72. The van der Waals surface area contributed by atoms with Crippen molar-refractivity contribution in [2.75, 3.05) is 11.1 Å². The third kappa shape index (κ3) is 4.03. The fourth-order valence-corrected chi connectivity index (χ4v) is 3.96. The molecule has 0 spiro atoms. The van der Waals surface area contributed by atoms with Crippen molar-refractivity contribution in [1.29, 1.82) is 0 Å². The number of Topliss-reactive ketones (excluding diaryl/α,β-unsaturated/α-hetero) is 1. The van der Waals surface area contributed by atoms with Crippen LogP contribution in [0.4, 0.5) is 5.69 Å². The number of nitrogens with one attached hydrogen (secondary N) is 1. The van der Waals surface area contributed by atoms with E-state index >= 15 is 0 Å². The molecule has 3 aromatic rings. The van der Waals surface area contributed by atoms with Gasteiger partial charge in [0.15, 0.2) is 5.78 Å². The number of carbonyl (C=O) groups is 2. The molecule has 0 bridgehead atoms. The molecule has 7 heteroatoms. The van der Waals surface area contributed by atoms with Gasteiger partial charge in [0.2, 0.25) is 11.8 Å². The van der Waals surface area contributed by atoms with Crippen LogP contribution in [0.15, 0.2) is 52.1 Å². The first-order valence-electron chi connectivity index (χ1n) is 9.77. The van der Waals surface area contributed by atoms with E-state index in [1.54, 1.807) is 18.2 Å². The van der Waals surface area contributed by atoms with Gasteiger partial charge in [-0.2, -0.15) is 0 Å². The second-order valence-corrected chi connectivity index (χ2v) is 9.35. The van der Waals surface area contributed by atoms with Crippen LogP contribution in [0.2, 0.25) is 0 Å². The highest BCUT2D eigenvalue weighted by molar-refractivity contribution is 7.99. The minimum absolute atomic E-state index is 0.0436. The van der Waals surface area contributed by atoms with E-state index < -0.39 is 0 Å². The average Bonchev–Trinajstić information content (AvgIpc) is 3.30. The van der Waals surface area contributed by atoms with Gasteiger partial charge in [0.25, 0.3) is 5.22 Å². The Kier molecular flexibility index (Phi) is 5.24. The number of hydrogen-bond acceptors (Lipinski definition) is 6. The molecule has 1 N–H and O–H groups in total. The van der Waals surface area contributed by atoms with E-state index in [0.29, 0.717) is 16.7 Å². The number of anilines is 1. The maximum Gasteiger partial charge on any atom is 0.277 e. The maximum atomic E-state index is 12.6. The summed E-state index contributed by atoms with van der Waals surface area (Å²) in [6.45, 7) is 8.32. The van der Waals surface area contributed by atoms with Crippen molar-refractivity contribution < 1.29 is 14.0 Å². The number of benzene rings is 2. The number of ketones is 1. The lowest BCUT2D eigenvalue weighted by Crippen LogP contribution is -2.10. The molecule has 0 unspecified atom stereocenters. The SMILES string of the molecule is C[C@@H]1C(=O)Nc2ccc(C(=O)CSc3nnc(-c4ccc(C(C)(C)C)cc4)o3)cc21. The molecule has 0 fully saturated rings.